The molecule has 1 aromatic heterocycles. The second-order valence-corrected chi connectivity index (χ2v) is 5.59. The predicted molar refractivity (Wildman–Crippen MR) is 74.8 cm³/mol. The maximum absolute atomic E-state index is 12.7. The number of amides is 2. The third kappa shape index (κ3) is 2.44. The zero-order valence-electron chi connectivity index (χ0n) is 12.4. The van der Waals surface area contributed by atoms with Crippen molar-refractivity contribution in [3.8, 4) is 0 Å². The maximum atomic E-state index is 12.7. The summed E-state index contributed by atoms with van der Waals surface area (Å²) in [7, 11) is 0. The van der Waals surface area contributed by atoms with Crippen LogP contribution < -0.4 is 5.32 Å². The summed E-state index contributed by atoms with van der Waals surface area (Å²) in [6, 6.07) is 2.50. The van der Waals surface area contributed by atoms with E-state index < -0.39 is 12.1 Å². The molecule has 0 radical (unpaired) electrons. The Kier molecular flexibility index (Phi) is 4.16. The van der Waals surface area contributed by atoms with E-state index in [4.69, 9.17) is 4.42 Å². The van der Waals surface area contributed by atoms with Crippen molar-refractivity contribution in [1.82, 2.24) is 10.2 Å². The molecule has 2 heterocycles. The second kappa shape index (κ2) is 5.69. The van der Waals surface area contributed by atoms with E-state index in [1.54, 1.807) is 17.2 Å². The number of furan rings is 1. The maximum Gasteiger partial charge on any atom is 0.246 e. The van der Waals surface area contributed by atoms with Gasteiger partial charge in [0.05, 0.1) is 12.3 Å². The molecule has 0 spiro atoms. The fourth-order valence-corrected chi connectivity index (χ4v) is 2.71. The third-order valence-corrected chi connectivity index (χ3v) is 3.88. The number of piperazine rings is 1. The highest BCUT2D eigenvalue weighted by atomic mass is 16.3. The van der Waals surface area contributed by atoms with Crippen LogP contribution in [0.2, 0.25) is 0 Å². The van der Waals surface area contributed by atoms with Crippen molar-refractivity contribution in [2.45, 2.75) is 52.2 Å². The molecule has 2 amide bonds. The average Bonchev–Trinajstić information content (AvgIpc) is 2.93. The largest absolute Gasteiger partial charge is 0.467 e. The van der Waals surface area contributed by atoms with Crippen LogP contribution >= 0.6 is 0 Å². The van der Waals surface area contributed by atoms with Gasteiger partial charge in [-0.05, 0) is 31.4 Å². The Hall–Kier alpha value is -1.78. The predicted octanol–water partition coefficient (Wildman–Crippen LogP) is 2.10. The monoisotopic (exact) mass is 278 g/mol. The minimum Gasteiger partial charge on any atom is -0.467 e. The first-order valence-electron chi connectivity index (χ1n) is 7.13. The highest BCUT2D eigenvalue weighted by Crippen LogP contribution is 2.28. The van der Waals surface area contributed by atoms with Crippen molar-refractivity contribution in [1.29, 1.82) is 0 Å². The Morgan fingerprint density at radius 1 is 1.35 bits per heavy atom. The summed E-state index contributed by atoms with van der Waals surface area (Å²) in [6.07, 6.45) is 2.18. The number of hydrogen-bond acceptors (Lipinski definition) is 3. The third-order valence-electron chi connectivity index (χ3n) is 3.88. The lowest BCUT2D eigenvalue weighted by Gasteiger charge is -2.42. The van der Waals surface area contributed by atoms with Crippen LogP contribution in [-0.2, 0) is 9.59 Å². The molecule has 5 heteroatoms. The van der Waals surface area contributed by atoms with Gasteiger partial charge in [-0.15, -0.1) is 0 Å². The van der Waals surface area contributed by atoms with Crippen LogP contribution in [0.5, 0.6) is 0 Å². The lowest BCUT2D eigenvalue weighted by Crippen LogP contribution is -2.64. The molecule has 1 aromatic rings. The van der Waals surface area contributed by atoms with E-state index in [1.807, 2.05) is 33.8 Å². The Bertz CT molecular complexity index is 481. The van der Waals surface area contributed by atoms with Gasteiger partial charge in [-0.1, -0.05) is 20.8 Å². The van der Waals surface area contributed by atoms with Crippen LogP contribution in [0, 0.1) is 5.92 Å². The molecular formula is C15H22N2O3. The molecule has 3 atom stereocenters. The minimum absolute atomic E-state index is 0.0321. The number of nitrogens with zero attached hydrogens (tertiary/aromatic N) is 1. The number of carbonyl (C=O) groups is 2. The van der Waals surface area contributed by atoms with E-state index >= 15 is 0 Å². The first-order chi connectivity index (χ1) is 9.47. The molecule has 20 heavy (non-hydrogen) atoms. The number of carbonyl (C=O) groups excluding carboxylic acids is 2. The Balaban J connectivity index is 2.34. The number of nitrogens with one attached hydrogen (secondary N) is 1. The van der Waals surface area contributed by atoms with Crippen molar-refractivity contribution in [2.24, 2.45) is 5.92 Å². The van der Waals surface area contributed by atoms with Gasteiger partial charge in [0.2, 0.25) is 11.8 Å². The number of hydrogen-bond donors (Lipinski definition) is 1. The van der Waals surface area contributed by atoms with E-state index in [0.29, 0.717) is 12.2 Å². The second-order valence-electron chi connectivity index (χ2n) is 5.59. The van der Waals surface area contributed by atoms with Crippen molar-refractivity contribution in [3.05, 3.63) is 24.2 Å². The van der Waals surface area contributed by atoms with E-state index in [1.165, 1.54) is 0 Å². The number of rotatable bonds is 4. The lowest BCUT2D eigenvalue weighted by molar-refractivity contribution is -0.153. The van der Waals surface area contributed by atoms with Crippen LogP contribution in [0.4, 0.5) is 0 Å². The fraction of sp³-hybridized carbons (Fsp3) is 0.600. The molecule has 1 saturated heterocycles. The van der Waals surface area contributed by atoms with Crippen molar-refractivity contribution in [2.75, 3.05) is 0 Å². The molecule has 1 aliphatic heterocycles. The standard InChI is InChI=1S/C15H22N2O3/c1-5-11-14(18)16-13(9(2)3)15(19)17(11)10(4)12-7-6-8-20-12/h6-11,13H,5H2,1-4H3,(H,16,18). The molecule has 1 aliphatic rings. The van der Waals surface area contributed by atoms with Gasteiger partial charge in [-0.25, -0.2) is 0 Å². The highest BCUT2D eigenvalue weighted by Gasteiger charge is 2.43. The van der Waals surface area contributed by atoms with Gasteiger partial charge in [-0.2, -0.15) is 0 Å². The summed E-state index contributed by atoms with van der Waals surface area (Å²) >= 11 is 0. The molecule has 1 N–H and O–H groups in total. The Labute approximate surface area is 119 Å². The molecule has 3 unspecified atom stereocenters. The summed E-state index contributed by atoms with van der Waals surface area (Å²) in [5, 5.41) is 2.84. The highest BCUT2D eigenvalue weighted by molar-refractivity contribution is 5.97. The summed E-state index contributed by atoms with van der Waals surface area (Å²) in [5.74, 6) is 0.657. The molecule has 0 bridgehead atoms. The van der Waals surface area contributed by atoms with E-state index in [9.17, 15) is 9.59 Å². The van der Waals surface area contributed by atoms with Crippen LogP contribution in [0.3, 0.4) is 0 Å². The Morgan fingerprint density at radius 2 is 2.05 bits per heavy atom. The molecule has 2 rings (SSSR count). The van der Waals surface area contributed by atoms with Crippen molar-refractivity contribution in [3.63, 3.8) is 0 Å². The summed E-state index contributed by atoms with van der Waals surface area (Å²) in [6.45, 7) is 7.68. The summed E-state index contributed by atoms with van der Waals surface area (Å²) < 4.78 is 5.40. The summed E-state index contributed by atoms with van der Waals surface area (Å²) in [4.78, 5) is 26.6. The topological polar surface area (TPSA) is 62.6 Å². The van der Waals surface area contributed by atoms with Gasteiger partial charge in [0.25, 0.3) is 0 Å². The average molecular weight is 278 g/mol. The molecule has 0 aliphatic carbocycles. The van der Waals surface area contributed by atoms with Gasteiger partial charge in [0.15, 0.2) is 0 Å². The van der Waals surface area contributed by atoms with Crippen molar-refractivity contribution < 1.29 is 14.0 Å². The summed E-state index contributed by atoms with van der Waals surface area (Å²) in [5.41, 5.74) is 0. The lowest BCUT2D eigenvalue weighted by atomic mass is 9.95. The Morgan fingerprint density at radius 3 is 2.55 bits per heavy atom. The molecular weight excluding hydrogens is 256 g/mol. The first-order valence-corrected chi connectivity index (χ1v) is 7.13. The van der Waals surface area contributed by atoms with Crippen LogP contribution in [-0.4, -0.2) is 28.8 Å². The van der Waals surface area contributed by atoms with Crippen molar-refractivity contribution >= 4 is 11.8 Å². The zero-order valence-corrected chi connectivity index (χ0v) is 12.4. The van der Waals surface area contributed by atoms with Crippen LogP contribution in [0.25, 0.3) is 0 Å². The normalized spacial score (nSPS) is 24.9. The van der Waals surface area contributed by atoms with Gasteiger partial charge >= 0.3 is 0 Å². The molecule has 1 fully saturated rings. The van der Waals surface area contributed by atoms with Gasteiger partial charge in [0.1, 0.15) is 17.8 Å². The fourth-order valence-electron chi connectivity index (χ4n) is 2.71. The van der Waals surface area contributed by atoms with Gasteiger partial charge in [0, 0.05) is 0 Å². The van der Waals surface area contributed by atoms with Crippen LogP contribution in [0.15, 0.2) is 22.8 Å². The molecule has 110 valence electrons. The molecule has 0 saturated carbocycles. The molecule has 0 aromatic carbocycles. The first kappa shape index (κ1) is 14.6. The smallest absolute Gasteiger partial charge is 0.246 e. The van der Waals surface area contributed by atoms with Gasteiger partial charge in [-0.3, -0.25) is 9.59 Å². The van der Waals surface area contributed by atoms with E-state index in [-0.39, 0.29) is 23.8 Å². The van der Waals surface area contributed by atoms with E-state index in [0.717, 1.165) is 0 Å². The quantitative estimate of drug-likeness (QED) is 0.917. The van der Waals surface area contributed by atoms with Crippen LogP contribution in [0.1, 0.15) is 45.9 Å². The minimum atomic E-state index is -0.456. The zero-order chi connectivity index (χ0) is 14.9. The SMILES string of the molecule is CCC1C(=O)NC(C(C)C)C(=O)N1C(C)c1ccco1. The van der Waals surface area contributed by atoms with Gasteiger partial charge < -0.3 is 14.6 Å². The molecule has 5 nitrogen and oxygen atoms in total. The van der Waals surface area contributed by atoms with E-state index in [2.05, 4.69) is 5.32 Å².